The van der Waals surface area contributed by atoms with E-state index in [0.717, 1.165) is 0 Å². The summed E-state index contributed by atoms with van der Waals surface area (Å²) < 4.78 is 0. The van der Waals surface area contributed by atoms with Crippen molar-refractivity contribution in [1.82, 2.24) is 0 Å². The standard InChI is InChI=1S/C26H26Si/c1-17(2)27(18(3)4)25-21-11-7-5-9-19(21)13-15-23(25)24-16-14-20-10-6-8-12-22(20)26(24)27/h5-18H,1-4H3. The number of benzene rings is 4. The highest BCUT2D eigenvalue weighted by molar-refractivity contribution is 7.09. The zero-order valence-electron chi connectivity index (χ0n) is 16.6. The van der Waals surface area contributed by atoms with Crippen LogP contribution in [0.3, 0.4) is 0 Å². The SMILES string of the molecule is CC(C)[Si]1(C(C)C)c2c(ccc3ccccc23)-c2ccc3ccccc3c21. The minimum absolute atomic E-state index is 0.647. The quantitative estimate of drug-likeness (QED) is 0.362. The van der Waals surface area contributed by atoms with Gasteiger partial charge in [0, 0.05) is 0 Å². The van der Waals surface area contributed by atoms with E-state index in [1.807, 2.05) is 0 Å². The third kappa shape index (κ3) is 2.04. The van der Waals surface area contributed by atoms with Crippen LogP contribution in [0.4, 0.5) is 0 Å². The molecule has 0 unspecified atom stereocenters. The smallest absolute Gasteiger partial charge is 0.0645 e. The molecule has 0 radical (unpaired) electrons. The van der Waals surface area contributed by atoms with E-state index in [0.29, 0.717) is 11.1 Å². The van der Waals surface area contributed by atoms with Crippen molar-refractivity contribution in [3.8, 4) is 11.1 Å². The van der Waals surface area contributed by atoms with E-state index in [1.54, 1.807) is 10.4 Å². The van der Waals surface area contributed by atoms with Gasteiger partial charge < -0.3 is 0 Å². The van der Waals surface area contributed by atoms with Gasteiger partial charge in [-0.05, 0) is 54.1 Å². The van der Waals surface area contributed by atoms with E-state index in [4.69, 9.17) is 0 Å². The van der Waals surface area contributed by atoms with Crippen LogP contribution in [0.15, 0.2) is 72.8 Å². The number of hydrogen-bond donors (Lipinski definition) is 0. The van der Waals surface area contributed by atoms with Gasteiger partial charge >= 0.3 is 0 Å². The van der Waals surface area contributed by atoms with Crippen molar-refractivity contribution >= 4 is 40.0 Å². The lowest BCUT2D eigenvalue weighted by atomic mass is 9.99. The van der Waals surface area contributed by atoms with Gasteiger partial charge in [-0.3, -0.25) is 0 Å². The molecule has 0 saturated heterocycles. The Morgan fingerprint density at radius 1 is 0.519 bits per heavy atom. The first-order valence-corrected chi connectivity index (χ1v) is 12.3. The topological polar surface area (TPSA) is 0 Å². The molecule has 0 spiro atoms. The van der Waals surface area contributed by atoms with Crippen LogP contribution in [0.2, 0.25) is 11.1 Å². The highest BCUT2D eigenvalue weighted by Crippen LogP contribution is 2.44. The van der Waals surface area contributed by atoms with Gasteiger partial charge in [-0.2, -0.15) is 0 Å². The van der Waals surface area contributed by atoms with Crippen molar-refractivity contribution in [3.05, 3.63) is 72.8 Å². The summed E-state index contributed by atoms with van der Waals surface area (Å²) in [4.78, 5) is 0. The predicted molar refractivity (Wildman–Crippen MR) is 122 cm³/mol. The monoisotopic (exact) mass is 366 g/mol. The molecule has 0 nitrogen and oxygen atoms in total. The fraction of sp³-hybridized carbons (Fsp3) is 0.231. The summed E-state index contributed by atoms with van der Waals surface area (Å²) in [6.07, 6.45) is 0. The maximum absolute atomic E-state index is 2.47. The molecule has 4 aromatic carbocycles. The van der Waals surface area contributed by atoms with Gasteiger partial charge in [0.15, 0.2) is 0 Å². The number of rotatable bonds is 2. The minimum atomic E-state index is -1.96. The molecule has 0 saturated carbocycles. The predicted octanol–water partition coefficient (Wildman–Crippen LogP) is 6.36. The fourth-order valence-electron chi connectivity index (χ4n) is 5.83. The first-order chi connectivity index (χ1) is 13.1. The van der Waals surface area contributed by atoms with Gasteiger partial charge in [0.1, 0.15) is 8.07 Å². The van der Waals surface area contributed by atoms with Crippen molar-refractivity contribution < 1.29 is 0 Å². The Kier molecular flexibility index (Phi) is 3.61. The van der Waals surface area contributed by atoms with Crippen molar-refractivity contribution in [2.75, 3.05) is 0 Å². The molecule has 1 heterocycles. The molecular weight excluding hydrogens is 340 g/mol. The largest absolute Gasteiger partial charge is 0.126 e. The molecule has 1 aliphatic rings. The molecule has 0 aromatic heterocycles. The molecule has 27 heavy (non-hydrogen) atoms. The van der Waals surface area contributed by atoms with Crippen LogP contribution < -0.4 is 10.4 Å². The summed E-state index contributed by atoms with van der Waals surface area (Å²) in [5.41, 5.74) is 4.27. The summed E-state index contributed by atoms with van der Waals surface area (Å²) in [6.45, 7) is 9.87. The Balaban J connectivity index is 2.05. The van der Waals surface area contributed by atoms with E-state index in [1.165, 1.54) is 32.7 Å². The zero-order chi connectivity index (χ0) is 18.8. The lowest BCUT2D eigenvalue weighted by molar-refractivity contribution is 0.932. The maximum Gasteiger partial charge on any atom is 0.126 e. The Bertz CT molecular complexity index is 1090. The Labute approximate surface area is 162 Å². The molecule has 0 atom stereocenters. The molecule has 0 aliphatic carbocycles. The van der Waals surface area contributed by atoms with Gasteiger partial charge in [0.05, 0.1) is 0 Å². The van der Waals surface area contributed by atoms with Gasteiger partial charge in [-0.25, -0.2) is 0 Å². The Morgan fingerprint density at radius 2 is 0.926 bits per heavy atom. The Morgan fingerprint density at radius 3 is 1.33 bits per heavy atom. The fourth-order valence-corrected chi connectivity index (χ4v) is 12.4. The molecule has 4 aromatic rings. The molecule has 1 heteroatoms. The summed E-state index contributed by atoms with van der Waals surface area (Å²) in [5.74, 6) is 0. The van der Waals surface area contributed by atoms with Crippen LogP contribution in [0.1, 0.15) is 27.7 Å². The summed E-state index contributed by atoms with van der Waals surface area (Å²) in [6, 6.07) is 27.4. The van der Waals surface area contributed by atoms with Crippen molar-refractivity contribution in [1.29, 1.82) is 0 Å². The average molecular weight is 367 g/mol. The Hall–Kier alpha value is -2.38. The lowest BCUT2D eigenvalue weighted by Crippen LogP contribution is -2.60. The van der Waals surface area contributed by atoms with Gasteiger partial charge in [0.25, 0.3) is 0 Å². The number of hydrogen-bond acceptors (Lipinski definition) is 0. The molecule has 0 fully saturated rings. The van der Waals surface area contributed by atoms with E-state index >= 15 is 0 Å². The average Bonchev–Trinajstić information content (AvgIpc) is 3.00. The van der Waals surface area contributed by atoms with Gasteiger partial charge in [-0.15, -0.1) is 0 Å². The second-order valence-corrected chi connectivity index (χ2v) is 13.6. The van der Waals surface area contributed by atoms with Crippen LogP contribution in [-0.4, -0.2) is 8.07 Å². The first-order valence-electron chi connectivity index (χ1n) is 10.1. The van der Waals surface area contributed by atoms with Crippen LogP contribution in [0.5, 0.6) is 0 Å². The lowest BCUT2D eigenvalue weighted by Gasteiger charge is -2.39. The second kappa shape index (κ2) is 5.81. The second-order valence-electron chi connectivity index (χ2n) is 8.60. The molecule has 0 N–H and O–H groups in total. The van der Waals surface area contributed by atoms with Crippen molar-refractivity contribution in [2.45, 2.75) is 38.8 Å². The van der Waals surface area contributed by atoms with E-state index in [-0.39, 0.29) is 0 Å². The molecule has 0 amide bonds. The molecule has 134 valence electrons. The maximum atomic E-state index is 2.47. The van der Waals surface area contributed by atoms with Crippen molar-refractivity contribution in [2.24, 2.45) is 0 Å². The summed E-state index contributed by atoms with van der Waals surface area (Å²) in [5, 5.41) is 9.07. The zero-order valence-corrected chi connectivity index (χ0v) is 17.6. The van der Waals surface area contributed by atoms with Crippen LogP contribution in [-0.2, 0) is 0 Å². The minimum Gasteiger partial charge on any atom is -0.0645 e. The molecule has 5 rings (SSSR count). The van der Waals surface area contributed by atoms with Gasteiger partial charge in [-0.1, -0.05) is 100 Å². The summed E-state index contributed by atoms with van der Waals surface area (Å²) >= 11 is 0. The normalized spacial score (nSPS) is 14.9. The molecular formula is C26H26Si. The van der Waals surface area contributed by atoms with Crippen LogP contribution in [0, 0.1) is 0 Å². The number of fused-ring (bicyclic) bond motifs is 7. The summed E-state index contributed by atoms with van der Waals surface area (Å²) in [7, 11) is -1.96. The third-order valence-corrected chi connectivity index (χ3v) is 13.2. The first kappa shape index (κ1) is 16.8. The van der Waals surface area contributed by atoms with E-state index in [9.17, 15) is 0 Å². The van der Waals surface area contributed by atoms with E-state index < -0.39 is 8.07 Å². The third-order valence-electron chi connectivity index (χ3n) is 6.80. The van der Waals surface area contributed by atoms with Crippen LogP contribution >= 0.6 is 0 Å². The van der Waals surface area contributed by atoms with E-state index in [2.05, 4.69) is 100 Å². The van der Waals surface area contributed by atoms with Gasteiger partial charge in [0.2, 0.25) is 0 Å². The molecule has 1 aliphatic heterocycles. The highest BCUT2D eigenvalue weighted by Gasteiger charge is 2.51. The van der Waals surface area contributed by atoms with Crippen LogP contribution in [0.25, 0.3) is 32.7 Å². The highest BCUT2D eigenvalue weighted by atomic mass is 28.3. The molecule has 0 bridgehead atoms. The van der Waals surface area contributed by atoms with Crippen molar-refractivity contribution in [3.63, 3.8) is 0 Å².